The van der Waals surface area contributed by atoms with E-state index in [4.69, 9.17) is 5.11 Å². The van der Waals surface area contributed by atoms with Gasteiger partial charge in [-0.1, -0.05) is 12.1 Å². The Bertz CT molecular complexity index is 784. The van der Waals surface area contributed by atoms with Gasteiger partial charge >= 0.3 is 5.97 Å². The van der Waals surface area contributed by atoms with Crippen LogP contribution < -0.4 is 4.72 Å². The summed E-state index contributed by atoms with van der Waals surface area (Å²) in [4.78, 5) is 9.87. The molecule has 10 heteroatoms. The topological polar surface area (TPSA) is 121 Å². The fourth-order valence-corrected chi connectivity index (χ4v) is 5.04. The largest absolute Gasteiger partial charge is 0.480 e. The second kappa shape index (κ2) is 5.95. The maximum atomic E-state index is 12.4. The first kappa shape index (κ1) is 16.9. The van der Waals surface area contributed by atoms with Crippen LogP contribution >= 0.6 is 0 Å². The lowest BCUT2D eigenvalue weighted by atomic mass is 10.4. The lowest BCUT2D eigenvalue weighted by Crippen LogP contribution is -2.34. The number of benzene rings is 1. The molecule has 0 atom stereocenters. The van der Waals surface area contributed by atoms with Crippen molar-refractivity contribution >= 4 is 26.0 Å². The minimum Gasteiger partial charge on any atom is -0.480 e. The Hall–Kier alpha value is -1.49. The zero-order valence-corrected chi connectivity index (χ0v) is 13.4. The van der Waals surface area contributed by atoms with Gasteiger partial charge in [0.2, 0.25) is 20.0 Å². The zero-order valence-electron chi connectivity index (χ0n) is 11.8. The number of sulfonamides is 2. The average molecular weight is 348 g/mol. The molecule has 0 aliphatic heterocycles. The molecule has 0 heterocycles. The molecule has 0 spiro atoms. The van der Waals surface area contributed by atoms with Crippen molar-refractivity contribution < 1.29 is 26.7 Å². The number of likely N-dealkylation sites (N-methyl/N-ethyl adjacent to an activating group) is 1. The van der Waals surface area contributed by atoms with Crippen molar-refractivity contribution in [2.75, 3.05) is 13.6 Å². The quantitative estimate of drug-likeness (QED) is 0.706. The first-order valence-corrected chi connectivity index (χ1v) is 9.36. The highest BCUT2D eigenvalue weighted by Crippen LogP contribution is 2.27. The molecule has 2 N–H and O–H groups in total. The zero-order chi connectivity index (χ0) is 16.5. The van der Waals surface area contributed by atoms with Gasteiger partial charge < -0.3 is 5.11 Å². The number of nitrogens with one attached hydrogen (secondary N) is 1. The lowest BCUT2D eigenvalue weighted by molar-refractivity contribution is -0.137. The van der Waals surface area contributed by atoms with Crippen molar-refractivity contribution in [1.82, 2.24) is 9.03 Å². The standard InChI is InChI=1S/C12H16N2O6S2/c1-14(8-12(15)16)22(19,20)11-5-3-2-4-10(11)21(17,18)13-9-6-7-9/h2-5,9,13H,6-8H2,1H3,(H,15,16). The van der Waals surface area contributed by atoms with Gasteiger partial charge in [-0.25, -0.2) is 21.6 Å². The SMILES string of the molecule is CN(CC(=O)O)S(=O)(=O)c1ccccc1S(=O)(=O)NC1CC1. The van der Waals surface area contributed by atoms with Gasteiger partial charge in [-0.15, -0.1) is 0 Å². The second-order valence-electron chi connectivity index (χ2n) is 5.00. The maximum absolute atomic E-state index is 12.4. The molecule has 0 aromatic heterocycles. The molecule has 0 radical (unpaired) electrons. The van der Waals surface area contributed by atoms with Gasteiger partial charge in [-0.05, 0) is 25.0 Å². The summed E-state index contributed by atoms with van der Waals surface area (Å²) in [7, 11) is -7.12. The first-order chi connectivity index (χ1) is 10.1. The minimum atomic E-state index is -4.23. The Morgan fingerprint density at radius 1 is 1.23 bits per heavy atom. The van der Waals surface area contributed by atoms with Crippen LogP contribution in [0.5, 0.6) is 0 Å². The van der Waals surface area contributed by atoms with E-state index in [-0.39, 0.29) is 10.9 Å². The highest BCUT2D eigenvalue weighted by molar-refractivity contribution is 7.92. The predicted octanol–water partition coefficient (Wildman–Crippen LogP) is -0.168. The van der Waals surface area contributed by atoms with E-state index in [1.54, 1.807) is 0 Å². The molecule has 2 rings (SSSR count). The Morgan fingerprint density at radius 2 is 1.77 bits per heavy atom. The summed E-state index contributed by atoms with van der Waals surface area (Å²) in [5, 5.41) is 8.71. The van der Waals surface area contributed by atoms with E-state index < -0.39 is 37.5 Å². The number of hydrogen-bond donors (Lipinski definition) is 2. The van der Waals surface area contributed by atoms with Crippen molar-refractivity contribution in [2.45, 2.75) is 28.7 Å². The fraction of sp³-hybridized carbons (Fsp3) is 0.417. The van der Waals surface area contributed by atoms with E-state index in [2.05, 4.69) is 4.72 Å². The third-order valence-electron chi connectivity index (χ3n) is 3.08. The second-order valence-corrected chi connectivity index (χ2v) is 8.69. The van der Waals surface area contributed by atoms with Gasteiger partial charge in [0.05, 0.1) is 0 Å². The molecule has 1 aliphatic rings. The number of rotatable bonds is 7. The Kier molecular flexibility index (Phi) is 4.57. The van der Waals surface area contributed by atoms with Gasteiger partial charge in [-0.3, -0.25) is 4.79 Å². The van der Waals surface area contributed by atoms with Crippen LogP contribution in [-0.2, 0) is 24.8 Å². The Morgan fingerprint density at radius 3 is 2.27 bits per heavy atom. The summed E-state index contributed by atoms with van der Waals surface area (Å²) in [6.07, 6.45) is 1.43. The molecule has 0 bridgehead atoms. The highest BCUT2D eigenvalue weighted by atomic mass is 32.2. The van der Waals surface area contributed by atoms with Crippen molar-refractivity contribution in [1.29, 1.82) is 0 Å². The van der Waals surface area contributed by atoms with Gasteiger partial charge in [-0.2, -0.15) is 4.31 Å². The molecule has 8 nitrogen and oxygen atoms in total. The summed E-state index contributed by atoms with van der Waals surface area (Å²) in [5.74, 6) is -1.33. The summed E-state index contributed by atoms with van der Waals surface area (Å²) in [5.41, 5.74) is 0. The molecule has 1 aliphatic carbocycles. The van der Waals surface area contributed by atoms with Gasteiger partial charge in [0.15, 0.2) is 0 Å². The summed E-state index contributed by atoms with van der Waals surface area (Å²) in [6, 6.07) is 4.97. The molecular weight excluding hydrogens is 332 g/mol. The van der Waals surface area contributed by atoms with Crippen molar-refractivity contribution in [2.24, 2.45) is 0 Å². The average Bonchev–Trinajstić information content (AvgIpc) is 3.21. The molecule has 1 saturated carbocycles. The third kappa shape index (κ3) is 3.64. The van der Waals surface area contributed by atoms with Crippen molar-refractivity contribution in [3.05, 3.63) is 24.3 Å². The van der Waals surface area contributed by atoms with Crippen LogP contribution in [-0.4, -0.2) is 51.9 Å². The number of carbonyl (C=O) groups is 1. The van der Waals surface area contributed by atoms with Crippen LogP contribution in [0.4, 0.5) is 0 Å². The summed E-state index contributed by atoms with van der Waals surface area (Å²) in [6.45, 7) is -0.757. The number of aliphatic carboxylic acids is 1. The van der Waals surface area contributed by atoms with E-state index in [9.17, 15) is 21.6 Å². The molecule has 1 aromatic rings. The molecule has 1 fully saturated rings. The van der Waals surface area contributed by atoms with Crippen molar-refractivity contribution in [3.63, 3.8) is 0 Å². The normalized spacial score (nSPS) is 15.9. The van der Waals surface area contributed by atoms with E-state index in [1.807, 2.05) is 0 Å². The first-order valence-electron chi connectivity index (χ1n) is 6.44. The predicted molar refractivity (Wildman–Crippen MR) is 77.2 cm³/mol. The number of hydrogen-bond acceptors (Lipinski definition) is 5. The maximum Gasteiger partial charge on any atom is 0.318 e. The Balaban J connectivity index is 2.45. The molecular formula is C12H16N2O6S2. The number of carboxylic acid groups (broad SMARTS) is 1. The van der Waals surface area contributed by atoms with Crippen LogP contribution in [0.25, 0.3) is 0 Å². The van der Waals surface area contributed by atoms with Crippen LogP contribution in [0.2, 0.25) is 0 Å². The van der Waals surface area contributed by atoms with Crippen LogP contribution in [0, 0.1) is 0 Å². The molecule has 22 heavy (non-hydrogen) atoms. The highest BCUT2D eigenvalue weighted by Gasteiger charge is 2.33. The van der Waals surface area contributed by atoms with E-state index in [0.29, 0.717) is 17.1 Å². The molecule has 0 amide bonds. The van der Waals surface area contributed by atoms with E-state index in [1.165, 1.54) is 18.2 Å². The summed E-state index contributed by atoms with van der Waals surface area (Å²) >= 11 is 0. The third-order valence-corrected chi connectivity index (χ3v) is 6.65. The lowest BCUT2D eigenvalue weighted by Gasteiger charge is -2.17. The van der Waals surface area contributed by atoms with Crippen LogP contribution in [0.1, 0.15) is 12.8 Å². The molecule has 1 aromatic carbocycles. The van der Waals surface area contributed by atoms with Gasteiger partial charge in [0.25, 0.3) is 0 Å². The van der Waals surface area contributed by atoms with E-state index >= 15 is 0 Å². The van der Waals surface area contributed by atoms with Crippen molar-refractivity contribution in [3.8, 4) is 0 Å². The van der Waals surface area contributed by atoms with Crippen LogP contribution in [0.3, 0.4) is 0 Å². The number of carboxylic acids is 1. The summed E-state index contributed by atoms with van der Waals surface area (Å²) < 4.78 is 52.4. The number of nitrogens with zero attached hydrogens (tertiary/aromatic N) is 1. The molecule has 0 saturated heterocycles. The van der Waals surface area contributed by atoms with Crippen LogP contribution in [0.15, 0.2) is 34.1 Å². The molecule has 122 valence electrons. The minimum absolute atomic E-state index is 0.169. The molecule has 0 unspecified atom stereocenters. The fourth-order valence-electron chi connectivity index (χ4n) is 1.81. The Labute approximate surface area is 128 Å². The monoisotopic (exact) mass is 348 g/mol. The van der Waals surface area contributed by atoms with E-state index in [0.717, 1.165) is 13.1 Å². The van der Waals surface area contributed by atoms with Gasteiger partial charge in [0, 0.05) is 13.1 Å². The van der Waals surface area contributed by atoms with Gasteiger partial charge in [0.1, 0.15) is 16.3 Å². The smallest absolute Gasteiger partial charge is 0.318 e.